The number of aryl methyl sites for hydroxylation is 1. The molecule has 0 amide bonds. The summed E-state index contributed by atoms with van der Waals surface area (Å²) in [5.74, 6) is 3.37. The molecule has 4 N–H and O–H groups in total. The van der Waals surface area contributed by atoms with E-state index < -0.39 is 44.8 Å². The predicted molar refractivity (Wildman–Crippen MR) is 187 cm³/mol. The van der Waals surface area contributed by atoms with Gasteiger partial charge in [0.1, 0.15) is 24.1 Å². The van der Waals surface area contributed by atoms with Crippen LogP contribution in [-0.4, -0.2) is 107 Å². The van der Waals surface area contributed by atoms with Gasteiger partial charge in [-0.25, -0.2) is 15.0 Å². The summed E-state index contributed by atoms with van der Waals surface area (Å²) in [5.41, 5.74) is 3.36. The van der Waals surface area contributed by atoms with Gasteiger partial charge in [0.05, 0.1) is 12.0 Å². The van der Waals surface area contributed by atoms with Crippen LogP contribution < -0.4 is 14.8 Å². The van der Waals surface area contributed by atoms with Crippen LogP contribution in [0.3, 0.4) is 0 Å². The third-order valence-corrected chi connectivity index (χ3v) is 12.6. The average Bonchev–Trinajstić information content (AvgIpc) is 3.65. The van der Waals surface area contributed by atoms with Gasteiger partial charge in [0.2, 0.25) is 0 Å². The van der Waals surface area contributed by atoms with Gasteiger partial charge in [0.25, 0.3) is 0 Å². The molecular formula is C31H36IN7O7S. The number of nitrogens with one attached hydrogen (secondary N) is 1. The van der Waals surface area contributed by atoms with E-state index in [4.69, 9.17) is 27.2 Å². The van der Waals surface area contributed by atoms with E-state index >= 15 is 0 Å². The van der Waals surface area contributed by atoms with E-state index in [2.05, 4.69) is 20.3 Å². The van der Waals surface area contributed by atoms with Gasteiger partial charge in [-0.05, 0) is 6.92 Å². The Morgan fingerprint density at radius 2 is 1.83 bits per heavy atom. The second-order valence-corrected chi connectivity index (χ2v) is 16.3. The van der Waals surface area contributed by atoms with E-state index in [0.717, 1.165) is 20.2 Å². The quantitative estimate of drug-likeness (QED) is 0.0777. The van der Waals surface area contributed by atoms with Gasteiger partial charge in [-0.2, -0.15) is 0 Å². The second-order valence-electron chi connectivity index (χ2n) is 10.6. The van der Waals surface area contributed by atoms with Crippen LogP contribution in [0, 0.1) is 10.5 Å². The van der Waals surface area contributed by atoms with Gasteiger partial charge in [0.15, 0.2) is 11.9 Å². The summed E-state index contributed by atoms with van der Waals surface area (Å²) in [4.78, 5) is 22.6. The van der Waals surface area contributed by atoms with Crippen LogP contribution in [0.15, 0.2) is 49.1 Å². The molecular weight excluding hydrogens is 741 g/mol. The number of halogens is 1. The molecule has 250 valence electrons. The Hall–Kier alpha value is -3.39. The number of hydrogen-bond donors (Lipinski definition) is 4. The zero-order valence-corrected chi connectivity index (χ0v) is 29.2. The maximum atomic E-state index is 10.8. The van der Waals surface area contributed by atoms with Crippen molar-refractivity contribution in [3.05, 3.63) is 58.3 Å². The number of benzene rings is 2. The van der Waals surface area contributed by atoms with E-state index in [9.17, 15) is 15.3 Å². The Kier molecular flexibility index (Phi) is 10.5. The van der Waals surface area contributed by atoms with Crippen molar-refractivity contribution in [1.29, 1.82) is 0 Å². The molecule has 3 aromatic heterocycles. The number of alkyl halides is 1. The summed E-state index contributed by atoms with van der Waals surface area (Å²) in [7, 11) is 4.78. The van der Waals surface area contributed by atoms with Crippen LogP contribution in [0.2, 0.25) is 0 Å². The molecule has 0 aliphatic carbocycles. The third-order valence-electron chi connectivity index (χ3n) is 7.80. The molecule has 0 unspecified atom stereocenters. The van der Waals surface area contributed by atoms with E-state index in [1.807, 2.05) is 43.3 Å². The minimum atomic E-state index is -2.17. The Morgan fingerprint density at radius 3 is 2.60 bits per heavy atom. The zero-order valence-electron chi connectivity index (χ0n) is 26.2. The number of thioether (sulfide) groups is 1. The summed E-state index contributed by atoms with van der Waals surface area (Å²) in [5, 5.41) is 35.6. The topological polar surface area (TPSA) is 179 Å². The molecule has 1 aliphatic rings. The number of aromatic nitrogens is 6. The molecule has 16 heteroatoms. The average molecular weight is 778 g/mol. The van der Waals surface area contributed by atoms with Crippen molar-refractivity contribution in [2.75, 3.05) is 49.3 Å². The molecule has 6 rings (SSSR count). The number of fused-ring (bicyclic) bond motifs is 2. The number of ether oxygens (including phenoxy) is 3. The summed E-state index contributed by atoms with van der Waals surface area (Å²) in [6.07, 6.45) is -0.615. The van der Waals surface area contributed by atoms with Gasteiger partial charge < -0.3 is 14.9 Å². The molecule has 4 atom stereocenters. The van der Waals surface area contributed by atoms with Crippen LogP contribution in [0.1, 0.15) is 11.9 Å². The molecule has 1 saturated heterocycles. The normalized spacial score (nSPS) is 19.8. The number of methoxy groups -OCH3 is 2. The number of rotatable bonds is 13. The van der Waals surface area contributed by atoms with Gasteiger partial charge in [0, 0.05) is 0 Å². The Morgan fingerprint density at radius 1 is 1.02 bits per heavy atom. The summed E-state index contributed by atoms with van der Waals surface area (Å²) in [6, 6.07) is 11.4. The van der Waals surface area contributed by atoms with Crippen molar-refractivity contribution in [3.8, 4) is 22.9 Å². The van der Waals surface area contributed by atoms with Gasteiger partial charge in [-0.1, -0.05) is 0 Å². The van der Waals surface area contributed by atoms with Crippen LogP contribution in [0.5, 0.6) is 11.5 Å². The number of imidazole rings is 1. The Balaban J connectivity index is 1.17. The van der Waals surface area contributed by atoms with Crippen molar-refractivity contribution in [3.63, 3.8) is 0 Å². The van der Waals surface area contributed by atoms with Crippen LogP contribution >= 0.6 is 32.0 Å². The fourth-order valence-corrected chi connectivity index (χ4v) is 8.77. The number of anilines is 1. The van der Waals surface area contributed by atoms with E-state index in [0.29, 0.717) is 57.9 Å². The molecule has 4 heterocycles. The standard InChI is InChI=1S/C31H36IN7O7S/c1-17-25-30(35-15-34-17)39(16-36-25)31-27(42)26(41)24(46-31)13-47-9-8-33-29-20-11-22(43-2)23(44-3)12-21(20)37-28(38-29)18-6-5-7-19(10-18)32(14-40)45-4/h5-7,10-12,15-16,24,26-27,31,40-42H,8-9,13-14H2,1-4H3,(H,33,37,38)/t24-,26-,27-,31-/m1/s1. The Labute approximate surface area is 282 Å². The van der Waals surface area contributed by atoms with Crippen molar-refractivity contribution < 1.29 is 32.6 Å². The number of aliphatic hydroxyl groups excluding tert-OH is 3. The minimum absolute atomic E-state index is 0.00153. The van der Waals surface area contributed by atoms with Crippen molar-refractivity contribution >= 4 is 59.9 Å². The molecule has 5 aromatic rings. The molecule has 0 saturated carbocycles. The Bertz CT molecular complexity index is 1860. The van der Waals surface area contributed by atoms with Crippen molar-refractivity contribution in [1.82, 2.24) is 29.5 Å². The van der Waals surface area contributed by atoms with Gasteiger partial charge in [-0.3, -0.25) is 4.57 Å². The fourth-order valence-electron chi connectivity index (χ4n) is 5.38. The third kappa shape index (κ3) is 6.81. The summed E-state index contributed by atoms with van der Waals surface area (Å²) in [6.45, 7) is 2.38. The van der Waals surface area contributed by atoms with Gasteiger partial charge >= 0.3 is 195 Å². The molecule has 47 heavy (non-hydrogen) atoms. The molecule has 2 aromatic carbocycles. The number of hydrogen-bond acceptors (Lipinski definition) is 14. The van der Waals surface area contributed by atoms with Crippen LogP contribution in [0.25, 0.3) is 33.5 Å². The number of nitrogens with zero attached hydrogens (tertiary/aromatic N) is 6. The van der Waals surface area contributed by atoms with E-state index in [1.54, 1.807) is 44.0 Å². The fraction of sp³-hybridized carbons (Fsp3) is 0.387. The van der Waals surface area contributed by atoms with Crippen molar-refractivity contribution in [2.24, 2.45) is 0 Å². The van der Waals surface area contributed by atoms with E-state index in [1.165, 1.54) is 6.33 Å². The molecule has 1 aliphatic heterocycles. The second kappa shape index (κ2) is 14.8. The molecule has 0 radical (unpaired) electrons. The first kappa shape index (κ1) is 33.5. The van der Waals surface area contributed by atoms with Crippen LogP contribution in [-0.2, 0) is 7.80 Å². The summed E-state index contributed by atoms with van der Waals surface area (Å²) >= 11 is -0.586. The molecule has 14 nitrogen and oxygen atoms in total. The SMILES string of the molecule is COc1cc2nc(-c3cccc(I(CO)OC)c3)nc(NCCSC[C@H]3O[C@@H](n4cnc5c(C)ncnc54)[C@H](O)[C@@H]3O)c2cc1OC. The first-order valence-corrected chi connectivity index (χ1v) is 19.3. The van der Waals surface area contributed by atoms with E-state index in [-0.39, 0.29) is 4.61 Å². The molecule has 1 fully saturated rings. The van der Waals surface area contributed by atoms with Crippen LogP contribution in [0.4, 0.5) is 5.82 Å². The van der Waals surface area contributed by atoms with Gasteiger partial charge in [-0.15, -0.1) is 0 Å². The number of aliphatic hydroxyl groups is 3. The first-order valence-electron chi connectivity index (χ1n) is 14.7. The molecule has 0 bridgehead atoms. The predicted octanol–water partition coefficient (Wildman–Crippen LogP) is 3.41. The monoisotopic (exact) mass is 777 g/mol. The zero-order chi connectivity index (χ0) is 33.1. The maximum absolute atomic E-state index is 10.8. The van der Waals surface area contributed by atoms with Crippen molar-refractivity contribution in [2.45, 2.75) is 31.5 Å². The molecule has 0 spiro atoms. The summed E-state index contributed by atoms with van der Waals surface area (Å²) < 4.78 is 25.4. The first-order chi connectivity index (χ1) is 22.9.